The Morgan fingerprint density at radius 3 is 2.86 bits per heavy atom. The van der Waals surface area contributed by atoms with Gasteiger partial charge in [0.05, 0.1) is 0 Å². The molecule has 1 unspecified atom stereocenters. The van der Waals surface area contributed by atoms with Crippen LogP contribution in [0.1, 0.15) is 10.8 Å². The molecule has 0 fully saturated rings. The molecular weight excluding hydrogens is 216 g/mol. The van der Waals surface area contributed by atoms with Gasteiger partial charge in [0.15, 0.2) is 5.78 Å². The second-order valence-corrected chi connectivity index (χ2v) is 5.27. The van der Waals surface area contributed by atoms with Crippen LogP contribution < -0.4 is 0 Å². The van der Waals surface area contributed by atoms with Gasteiger partial charge < -0.3 is 5.11 Å². The van der Waals surface area contributed by atoms with E-state index in [2.05, 4.69) is 0 Å². The number of hydrogen-bond donors (Lipinski definition) is 1. The van der Waals surface area contributed by atoms with Crippen molar-refractivity contribution in [3.05, 3.63) is 34.2 Å². The average Bonchev–Trinajstić information content (AvgIpc) is 2.63. The number of rotatable bonds is 1. The Kier molecular flexibility index (Phi) is 1.57. The van der Waals surface area contributed by atoms with Gasteiger partial charge in [-0.2, -0.15) is 0 Å². The Balaban J connectivity index is 2.11. The molecule has 1 aliphatic carbocycles. The molecule has 4 heteroatoms. The summed E-state index contributed by atoms with van der Waals surface area (Å²) in [5.74, 6) is -0.167. The summed E-state index contributed by atoms with van der Waals surface area (Å²) in [5.41, 5.74) is 0. The zero-order valence-electron chi connectivity index (χ0n) is 7.06. The first kappa shape index (κ1) is 8.20. The molecule has 0 radical (unpaired) electrons. The third-order valence-electron chi connectivity index (χ3n) is 2.31. The lowest BCUT2D eigenvalue weighted by atomic mass is 9.89. The van der Waals surface area contributed by atoms with E-state index in [9.17, 15) is 9.90 Å². The summed E-state index contributed by atoms with van der Waals surface area (Å²) in [5, 5.41) is 11.4. The fraction of sp³-hybridized carbons (Fsp3) is 0.100. The van der Waals surface area contributed by atoms with E-state index < -0.39 is 0 Å². The van der Waals surface area contributed by atoms with Crippen LogP contribution in [-0.2, 0) is 4.79 Å². The molecule has 2 aromatic heterocycles. The van der Waals surface area contributed by atoms with Crippen molar-refractivity contribution >= 4 is 37.9 Å². The Bertz CT molecular complexity index is 519. The predicted molar refractivity (Wildman–Crippen MR) is 58.2 cm³/mol. The highest BCUT2D eigenvalue weighted by atomic mass is 32.1. The van der Waals surface area contributed by atoms with Crippen molar-refractivity contribution in [2.45, 2.75) is 5.92 Å². The summed E-state index contributed by atoms with van der Waals surface area (Å²) in [6.45, 7) is 0. The number of fused-ring (bicyclic) bond motifs is 1. The van der Waals surface area contributed by atoms with E-state index in [4.69, 9.17) is 0 Å². The molecule has 1 atom stereocenters. The fourth-order valence-electron chi connectivity index (χ4n) is 1.57. The third-order valence-corrected chi connectivity index (χ3v) is 4.47. The van der Waals surface area contributed by atoms with Gasteiger partial charge in [0.2, 0.25) is 0 Å². The van der Waals surface area contributed by atoms with Crippen LogP contribution in [0.15, 0.2) is 29.3 Å². The molecule has 2 nitrogen and oxygen atoms in total. The van der Waals surface area contributed by atoms with Gasteiger partial charge in [0.25, 0.3) is 0 Å². The van der Waals surface area contributed by atoms with Crippen LogP contribution in [0.25, 0.3) is 9.40 Å². The minimum atomic E-state index is -0.375. The van der Waals surface area contributed by atoms with Gasteiger partial charge in [-0.25, -0.2) is 0 Å². The van der Waals surface area contributed by atoms with Crippen molar-refractivity contribution in [1.82, 2.24) is 0 Å². The first-order valence-corrected chi connectivity index (χ1v) is 5.86. The first-order chi connectivity index (χ1) is 6.75. The van der Waals surface area contributed by atoms with Crippen molar-refractivity contribution in [1.29, 1.82) is 0 Å². The Hall–Kier alpha value is -1.13. The average molecular weight is 222 g/mol. The summed E-state index contributed by atoms with van der Waals surface area (Å²) >= 11 is 3.24. The molecule has 70 valence electrons. The minimum absolute atomic E-state index is 0.0106. The van der Waals surface area contributed by atoms with Crippen LogP contribution in [0, 0.1) is 0 Å². The summed E-state index contributed by atoms with van der Waals surface area (Å²) in [6, 6.07) is 4.04. The van der Waals surface area contributed by atoms with Gasteiger partial charge in [-0.3, -0.25) is 4.79 Å². The molecule has 0 aliphatic heterocycles. The lowest BCUT2D eigenvalue weighted by Crippen LogP contribution is -2.21. The highest BCUT2D eigenvalue weighted by Crippen LogP contribution is 2.40. The molecule has 0 saturated carbocycles. The number of allylic oxidation sites excluding steroid dienone is 2. The largest absolute Gasteiger partial charge is 0.511 e. The van der Waals surface area contributed by atoms with Gasteiger partial charge in [-0.1, -0.05) is 0 Å². The number of hydrogen-bond acceptors (Lipinski definition) is 4. The van der Waals surface area contributed by atoms with Gasteiger partial charge in [0, 0.05) is 20.4 Å². The molecule has 1 N–H and O–H groups in total. The second kappa shape index (κ2) is 2.68. The lowest BCUT2D eigenvalue weighted by molar-refractivity contribution is -0.117. The standard InChI is InChI=1S/C10H6O2S2/c11-5-3-6(12)10(5)9-4-8-7(14-9)1-2-13-8/h1-4,10-11H. The molecule has 0 spiro atoms. The van der Waals surface area contributed by atoms with E-state index in [0.717, 1.165) is 4.88 Å². The van der Waals surface area contributed by atoms with Crippen molar-refractivity contribution in [3.63, 3.8) is 0 Å². The van der Waals surface area contributed by atoms with Crippen molar-refractivity contribution in [2.24, 2.45) is 0 Å². The van der Waals surface area contributed by atoms with E-state index in [0.29, 0.717) is 0 Å². The zero-order chi connectivity index (χ0) is 9.71. The van der Waals surface area contributed by atoms with Crippen LogP contribution in [-0.4, -0.2) is 10.9 Å². The third kappa shape index (κ3) is 0.980. The molecule has 0 saturated heterocycles. The number of carbonyl (C=O) groups excluding carboxylic acids is 1. The summed E-state index contributed by atoms with van der Waals surface area (Å²) in [4.78, 5) is 12.2. The summed E-state index contributed by atoms with van der Waals surface area (Å²) in [7, 11) is 0. The maximum absolute atomic E-state index is 11.2. The van der Waals surface area contributed by atoms with Gasteiger partial charge >= 0.3 is 0 Å². The van der Waals surface area contributed by atoms with Crippen molar-refractivity contribution < 1.29 is 9.90 Å². The van der Waals surface area contributed by atoms with E-state index in [-0.39, 0.29) is 17.5 Å². The van der Waals surface area contributed by atoms with E-state index >= 15 is 0 Å². The highest BCUT2D eigenvalue weighted by molar-refractivity contribution is 7.27. The number of carbonyl (C=O) groups is 1. The van der Waals surface area contributed by atoms with Crippen LogP contribution in [0.4, 0.5) is 0 Å². The SMILES string of the molecule is O=C1C=C(O)C1c1cc2sccc2s1. The fourth-order valence-corrected chi connectivity index (χ4v) is 3.82. The van der Waals surface area contributed by atoms with Crippen molar-refractivity contribution in [3.8, 4) is 0 Å². The van der Waals surface area contributed by atoms with E-state index in [1.165, 1.54) is 15.5 Å². The highest BCUT2D eigenvalue weighted by Gasteiger charge is 2.33. The molecular formula is C10H6O2S2. The number of thiophene rings is 2. The number of aliphatic hydroxyl groups excluding tert-OH is 1. The van der Waals surface area contributed by atoms with Crippen LogP contribution >= 0.6 is 22.7 Å². The van der Waals surface area contributed by atoms with Crippen LogP contribution in [0.2, 0.25) is 0 Å². The molecule has 0 bridgehead atoms. The van der Waals surface area contributed by atoms with Gasteiger partial charge in [-0.05, 0) is 17.5 Å². The van der Waals surface area contributed by atoms with Crippen molar-refractivity contribution in [2.75, 3.05) is 0 Å². The molecule has 0 amide bonds. The number of ketones is 1. The number of aliphatic hydroxyl groups is 1. The Labute approximate surface area is 88.1 Å². The maximum atomic E-state index is 11.2. The lowest BCUT2D eigenvalue weighted by Gasteiger charge is -2.18. The monoisotopic (exact) mass is 222 g/mol. The summed E-state index contributed by atoms with van der Waals surface area (Å²) in [6.07, 6.45) is 1.29. The molecule has 3 rings (SSSR count). The smallest absolute Gasteiger partial charge is 0.174 e. The molecule has 1 aliphatic rings. The summed E-state index contributed by atoms with van der Waals surface area (Å²) < 4.78 is 2.38. The molecule has 0 aromatic carbocycles. The minimum Gasteiger partial charge on any atom is -0.511 e. The quantitative estimate of drug-likeness (QED) is 0.805. The second-order valence-electron chi connectivity index (χ2n) is 3.20. The Morgan fingerprint density at radius 1 is 1.36 bits per heavy atom. The topological polar surface area (TPSA) is 37.3 Å². The van der Waals surface area contributed by atoms with Gasteiger partial charge in [-0.15, -0.1) is 22.7 Å². The van der Waals surface area contributed by atoms with Gasteiger partial charge in [0.1, 0.15) is 11.7 Å². The Morgan fingerprint density at radius 2 is 2.21 bits per heavy atom. The van der Waals surface area contributed by atoms with Crippen LogP contribution in [0.5, 0.6) is 0 Å². The predicted octanol–water partition coefficient (Wildman–Crippen LogP) is 3.07. The molecule has 14 heavy (non-hydrogen) atoms. The first-order valence-electron chi connectivity index (χ1n) is 4.17. The van der Waals surface area contributed by atoms with Crippen LogP contribution in [0.3, 0.4) is 0 Å². The molecule has 2 heterocycles. The molecule has 2 aromatic rings. The maximum Gasteiger partial charge on any atom is 0.174 e. The van der Waals surface area contributed by atoms with E-state index in [1.54, 1.807) is 22.7 Å². The normalized spacial score (nSPS) is 21.0. The zero-order valence-corrected chi connectivity index (χ0v) is 8.69. The van der Waals surface area contributed by atoms with E-state index in [1.807, 2.05) is 17.5 Å².